The number of carbonyl (C=O) groups excluding carboxylic acids is 2. The number of anilines is 3. The summed E-state index contributed by atoms with van der Waals surface area (Å²) < 4.78 is 13.8. The van der Waals surface area contributed by atoms with E-state index in [1.54, 1.807) is 53.6 Å². The average Bonchev–Trinajstić information content (AvgIpc) is 3.61. The van der Waals surface area contributed by atoms with Gasteiger partial charge in [-0.3, -0.25) is 14.9 Å². The van der Waals surface area contributed by atoms with E-state index in [4.69, 9.17) is 9.47 Å². The number of piperidine rings is 1. The second-order valence-corrected chi connectivity index (χ2v) is 10.9. The van der Waals surface area contributed by atoms with Crippen molar-refractivity contribution in [1.82, 2.24) is 9.55 Å². The predicted octanol–water partition coefficient (Wildman–Crippen LogP) is 5.94. The third-order valence-electron chi connectivity index (χ3n) is 7.74. The van der Waals surface area contributed by atoms with Crippen LogP contribution in [0.25, 0.3) is 5.69 Å². The fraction of sp³-hybridized carbons (Fsp3) is 0.278. The molecule has 0 bridgehead atoms. The normalized spacial score (nSPS) is 13.7. The molecule has 1 aromatic heterocycles. The third-order valence-corrected chi connectivity index (χ3v) is 7.74. The molecule has 1 aliphatic rings. The summed E-state index contributed by atoms with van der Waals surface area (Å²) in [7, 11) is 0. The minimum atomic E-state index is -1.30. The molecule has 0 unspecified atom stereocenters. The van der Waals surface area contributed by atoms with E-state index in [1.165, 1.54) is 0 Å². The second-order valence-electron chi connectivity index (χ2n) is 10.9. The number of amides is 2. The molecule has 0 atom stereocenters. The topological polar surface area (TPSA) is 135 Å². The highest BCUT2D eigenvalue weighted by Gasteiger charge is 2.36. The van der Waals surface area contributed by atoms with Gasteiger partial charge in [0, 0.05) is 68.4 Å². The summed E-state index contributed by atoms with van der Waals surface area (Å²) in [5.74, 6) is 4.73. The van der Waals surface area contributed by atoms with Crippen molar-refractivity contribution in [3.05, 3.63) is 102 Å². The Morgan fingerprint density at radius 3 is 2.30 bits per heavy atom. The number of nitrogens with one attached hydrogen (secondary N) is 2. The Bertz CT molecular complexity index is 1760. The molecule has 3 aromatic carbocycles. The van der Waals surface area contributed by atoms with Crippen molar-refractivity contribution in [3.8, 4) is 17.5 Å². The van der Waals surface area contributed by atoms with Crippen molar-refractivity contribution < 1.29 is 29.0 Å². The highest BCUT2D eigenvalue weighted by atomic mass is 16.7. The molecule has 0 saturated carbocycles. The van der Waals surface area contributed by atoms with Crippen LogP contribution in [0.3, 0.4) is 0 Å². The fourth-order valence-electron chi connectivity index (χ4n) is 5.57. The van der Waals surface area contributed by atoms with Gasteiger partial charge in [0.1, 0.15) is 0 Å². The molecule has 242 valence electrons. The van der Waals surface area contributed by atoms with Crippen molar-refractivity contribution in [2.45, 2.75) is 38.9 Å². The first-order valence-corrected chi connectivity index (χ1v) is 15.5. The van der Waals surface area contributed by atoms with Gasteiger partial charge in [0.2, 0.25) is 5.91 Å². The average molecular weight is 636 g/mol. The maximum Gasteiger partial charge on any atom is 0.409 e. The van der Waals surface area contributed by atoms with E-state index in [0.717, 1.165) is 11.3 Å². The van der Waals surface area contributed by atoms with E-state index in [9.17, 15) is 19.5 Å². The molecule has 5 rings (SSSR count). The Morgan fingerprint density at radius 2 is 1.64 bits per heavy atom. The van der Waals surface area contributed by atoms with Gasteiger partial charge in [0.25, 0.3) is 0 Å². The van der Waals surface area contributed by atoms with E-state index in [1.807, 2.05) is 50.2 Å². The highest BCUT2D eigenvalue weighted by Crippen LogP contribution is 2.36. The number of ether oxygens (including phenoxy) is 2. The van der Waals surface area contributed by atoms with Crippen LogP contribution >= 0.6 is 0 Å². The minimum absolute atomic E-state index is 0.159. The number of hydrogen-bond acceptors (Lipinski definition) is 7. The molecule has 3 N–H and O–H groups in total. The molecule has 0 spiro atoms. The van der Waals surface area contributed by atoms with E-state index >= 15 is 0 Å². The van der Waals surface area contributed by atoms with Crippen LogP contribution in [0.5, 0.6) is 0 Å². The highest BCUT2D eigenvalue weighted by molar-refractivity contribution is 6.12. The monoisotopic (exact) mass is 635 g/mol. The number of hydrogen-bond donors (Lipinski definition) is 3. The lowest BCUT2D eigenvalue weighted by Gasteiger charge is -2.42. The molecule has 47 heavy (non-hydrogen) atoms. The molecule has 1 aliphatic heterocycles. The zero-order valence-electron chi connectivity index (χ0n) is 26.4. The Labute approximate surface area is 273 Å². The molecule has 11 heteroatoms. The summed E-state index contributed by atoms with van der Waals surface area (Å²) in [6.45, 7) is 6.07. The van der Waals surface area contributed by atoms with E-state index in [0.29, 0.717) is 56.0 Å². The van der Waals surface area contributed by atoms with Crippen molar-refractivity contribution in [3.63, 3.8) is 0 Å². The summed E-state index contributed by atoms with van der Waals surface area (Å²) >= 11 is 0. The first-order chi connectivity index (χ1) is 22.8. The van der Waals surface area contributed by atoms with Crippen LogP contribution in [-0.4, -0.2) is 64.5 Å². The van der Waals surface area contributed by atoms with Gasteiger partial charge in [-0.15, -0.1) is 0 Å². The molecule has 11 nitrogen and oxygen atoms in total. The number of aromatic nitrogens is 2. The van der Waals surface area contributed by atoms with Gasteiger partial charge < -0.3 is 29.4 Å². The first kappa shape index (κ1) is 32.9. The number of ketones is 1. The Morgan fingerprint density at radius 1 is 0.915 bits per heavy atom. The Kier molecular flexibility index (Phi) is 10.7. The van der Waals surface area contributed by atoms with Crippen LogP contribution in [0.15, 0.2) is 85.5 Å². The fourth-order valence-corrected chi connectivity index (χ4v) is 5.57. The number of nitrogens with zero attached hydrogens (tertiary/aromatic N) is 3. The lowest BCUT2D eigenvalue weighted by Crippen LogP contribution is -2.48. The first-order valence-electron chi connectivity index (χ1n) is 15.5. The second kappa shape index (κ2) is 15.2. The summed E-state index contributed by atoms with van der Waals surface area (Å²) in [5, 5.41) is 14.8. The number of benzene rings is 3. The van der Waals surface area contributed by atoms with Crippen molar-refractivity contribution in [1.29, 1.82) is 0 Å². The van der Waals surface area contributed by atoms with Gasteiger partial charge in [0.05, 0.1) is 35.4 Å². The Hall–Kier alpha value is -5.44. The smallest absolute Gasteiger partial charge is 0.409 e. The van der Waals surface area contributed by atoms with E-state index in [-0.39, 0.29) is 11.4 Å². The van der Waals surface area contributed by atoms with Crippen LogP contribution < -0.4 is 15.5 Å². The van der Waals surface area contributed by atoms with Gasteiger partial charge in [-0.2, -0.15) is 0 Å². The number of Topliss-reactive ketones (excluding diaryl/α,β-unsaturated/α-hetero) is 1. The summed E-state index contributed by atoms with van der Waals surface area (Å²) in [6, 6.07) is 19.7. The quantitative estimate of drug-likeness (QED) is 0.0798. The summed E-state index contributed by atoms with van der Waals surface area (Å²) in [4.78, 5) is 44.3. The van der Waals surface area contributed by atoms with Crippen molar-refractivity contribution in [2.24, 2.45) is 0 Å². The van der Waals surface area contributed by atoms with Crippen LogP contribution in [0, 0.1) is 11.8 Å². The SMILES string of the molecule is CCOC1(OCC)CCN(c2cc(NC(=O)O)c(NC(=O)CC(=O)c3cccc(-n4ccnc4)c3)cc2C#Cc2ccccc2)CC1. The van der Waals surface area contributed by atoms with E-state index in [2.05, 4.69) is 32.4 Å². The molecule has 0 radical (unpaired) electrons. The van der Waals surface area contributed by atoms with Crippen molar-refractivity contribution in [2.75, 3.05) is 41.8 Å². The Balaban J connectivity index is 1.44. The van der Waals surface area contributed by atoms with E-state index < -0.39 is 30.0 Å². The maximum absolute atomic E-state index is 13.2. The zero-order chi connectivity index (χ0) is 33.2. The predicted molar refractivity (Wildman–Crippen MR) is 179 cm³/mol. The van der Waals surface area contributed by atoms with Gasteiger partial charge >= 0.3 is 6.09 Å². The molecule has 1 fully saturated rings. The van der Waals surface area contributed by atoms with Gasteiger partial charge in [0.15, 0.2) is 11.6 Å². The standard InChI is InChI=1S/C36H37N5O6/c1-3-46-36(47-4-2)15-18-40(19-16-36)32-23-31(39-35(44)45)30(22-27(32)14-13-26-9-6-5-7-10-26)38-34(43)24-33(42)28-11-8-12-29(21-28)41-20-17-37-25-41/h5-12,17,20-23,25,39H,3-4,15-16,18-19,24H2,1-2H3,(H,38,43)(H,44,45). The number of rotatable bonds is 11. The van der Waals surface area contributed by atoms with Crippen LogP contribution in [0.2, 0.25) is 0 Å². The van der Waals surface area contributed by atoms with Gasteiger partial charge in [-0.1, -0.05) is 42.2 Å². The lowest BCUT2D eigenvalue weighted by atomic mass is 10.00. The third kappa shape index (κ3) is 8.43. The minimum Gasteiger partial charge on any atom is -0.465 e. The van der Waals surface area contributed by atoms with Crippen molar-refractivity contribution >= 4 is 34.8 Å². The molecule has 0 aliphatic carbocycles. The van der Waals surface area contributed by atoms with Gasteiger partial charge in [-0.25, -0.2) is 9.78 Å². The zero-order valence-corrected chi connectivity index (χ0v) is 26.4. The molecule has 2 heterocycles. The van der Waals surface area contributed by atoms with Crippen LogP contribution in [0.4, 0.5) is 21.9 Å². The molecular formula is C36H37N5O6. The molecular weight excluding hydrogens is 598 g/mol. The summed E-state index contributed by atoms with van der Waals surface area (Å²) in [5.41, 5.74) is 3.52. The maximum atomic E-state index is 13.2. The van der Waals surface area contributed by atoms with Gasteiger partial charge in [-0.05, 0) is 50.2 Å². The molecule has 2 amide bonds. The molecule has 1 saturated heterocycles. The molecule has 4 aromatic rings. The summed E-state index contributed by atoms with van der Waals surface area (Å²) in [6.07, 6.45) is 4.47. The lowest BCUT2D eigenvalue weighted by molar-refractivity contribution is -0.242. The van der Waals surface area contributed by atoms with Crippen LogP contribution in [-0.2, 0) is 14.3 Å². The number of carbonyl (C=O) groups is 3. The number of imidazole rings is 1. The largest absolute Gasteiger partial charge is 0.465 e. The number of carboxylic acid groups (broad SMARTS) is 1. The van der Waals surface area contributed by atoms with Crippen LogP contribution in [0.1, 0.15) is 54.6 Å².